The van der Waals surface area contributed by atoms with Gasteiger partial charge in [-0.2, -0.15) is 0 Å². The van der Waals surface area contributed by atoms with Gasteiger partial charge >= 0.3 is 0 Å². The quantitative estimate of drug-likeness (QED) is 0.258. The van der Waals surface area contributed by atoms with E-state index in [1.54, 1.807) is 12.1 Å². The van der Waals surface area contributed by atoms with Crippen LogP contribution >= 0.6 is 0 Å². The van der Waals surface area contributed by atoms with Crippen molar-refractivity contribution in [1.29, 1.82) is 0 Å². The third-order valence-electron chi connectivity index (χ3n) is 6.11. The van der Waals surface area contributed by atoms with Gasteiger partial charge in [0.05, 0.1) is 17.0 Å². The molecule has 0 amide bonds. The zero-order chi connectivity index (χ0) is 24.5. The first-order valence-electron chi connectivity index (χ1n) is 12.0. The van der Waals surface area contributed by atoms with Crippen LogP contribution in [0.4, 0.5) is 0 Å². The molecule has 1 unspecified atom stereocenters. The van der Waals surface area contributed by atoms with E-state index in [4.69, 9.17) is 0 Å². The lowest BCUT2D eigenvalue weighted by atomic mass is 9.94. The highest BCUT2D eigenvalue weighted by Gasteiger charge is 2.29. The van der Waals surface area contributed by atoms with Gasteiger partial charge in [0.2, 0.25) is 10.0 Å². The first-order valence-corrected chi connectivity index (χ1v) is 13.5. The van der Waals surface area contributed by atoms with E-state index >= 15 is 0 Å². The summed E-state index contributed by atoms with van der Waals surface area (Å²) in [6.07, 6.45) is 1.90. The summed E-state index contributed by atoms with van der Waals surface area (Å²) in [5.74, 6) is 0. The molecule has 4 aromatic rings. The number of rotatable bonds is 11. The third kappa shape index (κ3) is 6.89. The van der Waals surface area contributed by atoms with E-state index in [1.807, 2.05) is 85.8 Å². The van der Waals surface area contributed by atoms with Gasteiger partial charge in [-0.25, -0.2) is 13.1 Å². The number of benzene rings is 4. The van der Waals surface area contributed by atoms with Gasteiger partial charge < -0.3 is 5.32 Å². The smallest absolute Gasteiger partial charge is 0.241 e. The van der Waals surface area contributed by atoms with Crippen molar-refractivity contribution in [2.45, 2.75) is 36.7 Å². The van der Waals surface area contributed by atoms with Crippen LogP contribution in [0.1, 0.15) is 40.8 Å². The largest absolute Gasteiger partial charge is 0.308 e. The summed E-state index contributed by atoms with van der Waals surface area (Å²) >= 11 is 0. The van der Waals surface area contributed by atoms with E-state index in [9.17, 15) is 8.42 Å². The van der Waals surface area contributed by atoms with Gasteiger partial charge in [-0.15, -0.1) is 0 Å². The van der Waals surface area contributed by atoms with Crippen LogP contribution in [0.3, 0.4) is 0 Å². The van der Waals surface area contributed by atoms with Crippen LogP contribution in [0.2, 0.25) is 0 Å². The number of sulfonamides is 1. The van der Waals surface area contributed by atoms with Crippen LogP contribution in [0.5, 0.6) is 0 Å². The van der Waals surface area contributed by atoms with E-state index in [-0.39, 0.29) is 10.9 Å². The highest BCUT2D eigenvalue weighted by molar-refractivity contribution is 7.89. The Hall–Kier alpha value is -3.25. The number of nitrogens with one attached hydrogen (secondary N) is 2. The summed E-state index contributed by atoms with van der Waals surface area (Å²) in [5.41, 5.74) is 4.26. The molecule has 2 atom stereocenters. The molecule has 0 saturated heterocycles. The van der Waals surface area contributed by atoms with Gasteiger partial charge in [-0.3, -0.25) is 0 Å². The van der Waals surface area contributed by atoms with Crippen molar-refractivity contribution in [3.63, 3.8) is 0 Å². The van der Waals surface area contributed by atoms with E-state index in [2.05, 4.69) is 34.3 Å². The topological polar surface area (TPSA) is 58.2 Å². The lowest BCUT2D eigenvalue weighted by molar-refractivity contribution is 0.420. The minimum atomic E-state index is -3.74. The lowest BCUT2D eigenvalue weighted by Crippen LogP contribution is -2.39. The molecule has 4 rings (SSSR count). The number of aryl methyl sites for hydroxylation is 2. The third-order valence-corrected chi connectivity index (χ3v) is 7.57. The summed E-state index contributed by atoms with van der Waals surface area (Å²) in [6, 6.07) is 36.5. The summed E-state index contributed by atoms with van der Waals surface area (Å²) < 4.78 is 29.9. The fourth-order valence-electron chi connectivity index (χ4n) is 4.22. The Kier molecular flexibility index (Phi) is 8.48. The Morgan fingerprint density at radius 2 is 1.17 bits per heavy atom. The van der Waals surface area contributed by atoms with E-state index in [0.29, 0.717) is 0 Å². The standard InChI is InChI=1S/C30H32N2O2S/c1-24-19-21-28(22-20-24)35(33,34)32-30(27-17-9-4-10-18-27)29(26-15-7-3-8-16-26)31-23-11-14-25-12-5-2-6-13-25/h2-10,12-13,15-22,29-32H,11,14,23H2,1H3/t29-,30?/m1/s1. The molecule has 0 spiro atoms. The molecule has 0 saturated carbocycles. The molecule has 0 aromatic heterocycles. The predicted octanol–water partition coefficient (Wildman–Crippen LogP) is 5.98. The van der Waals surface area contributed by atoms with Gasteiger partial charge in [-0.05, 0) is 55.1 Å². The Morgan fingerprint density at radius 1 is 0.657 bits per heavy atom. The second-order valence-corrected chi connectivity index (χ2v) is 10.5. The van der Waals surface area contributed by atoms with Gasteiger partial charge in [0.25, 0.3) is 0 Å². The minimum Gasteiger partial charge on any atom is -0.308 e. The summed E-state index contributed by atoms with van der Waals surface area (Å²) in [5, 5.41) is 3.66. The SMILES string of the molecule is Cc1ccc(S(=O)(=O)NC(c2ccccc2)[C@H](NCCCc2ccccc2)c2ccccc2)cc1. The molecule has 0 fully saturated rings. The second kappa shape index (κ2) is 11.9. The van der Waals surface area contributed by atoms with Gasteiger partial charge in [0, 0.05) is 0 Å². The Morgan fingerprint density at radius 3 is 1.74 bits per heavy atom. The molecule has 5 heteroatoms. The molecule has 180 valence electrons. The molecule has 0 radical (unpaired) electrons. The Balaban J connectivity index is 1.61. The predicted molar refractivity (Wildman–Crippen MR) is 143 cm³/mol. The molecule has 4 nitrogen and oxygen atoms in total. The van der Waals surface area contributed by atoms with Crippen molar-refractivity contribution >= 4 is 10.0 Å². The maximum absolute atomic E-state index is 13.4. The molecule has 35 heavy (non-hydrogen) atoms. The van der Waals surface area contributed by atoms with Crippen LogP contribution in [0.15, 0.2) is 120 Å². The van der Waals surface area contributed by atoms with E-state index in [1.165, 1.54) is 5.56 Å². The van der Waals surface area contributed by atoms with E-state index in [0.717, 1.165) is 36.1 Å². The molecule has 0 aliphatic heterocycles. The second-order valence-electron chi connectivity index (χ2n) is 8.75. The van der Waals surface area contributed by atoms with Gasteiger partial charge in [0.15, 0.2) is 0 Å². The van der Waals surface area contributed by atoms with Crippen LogP contribution in [0, 0.1) is 6.92 Å². The molecular formula is C30H32N2O2S. The van der Waals surface area contributed by atoms with Gasteiger partial charge in [0.1, 0.15) is 0 Å². The average molecular weight is 485 g/mol. The van der Waals surface area contributed by atoms with Crippen LogP contribution in [-0.4, -0.2) is 15.0 Å². The normalized spacial score (nSPS) is 13.3. The monoisotopic (exact) mass is 484 g/mol. The fourth-order valence-corrected chi connectivity index (χ4v) is 5.46. The highest BCUT2D eigenvalue weighted by Crippen LogP contribution is 2.31. The molecular weight excluding hydrogens is 452 g/mol. The zero-order valence-corrected chi connectivity index (χ0v) is 20.8. The maximum atomic E-state index is 13.4. The first-order chi connectivity index (χ1) is 17.0. The first kappa shape index (κ1) is 24.9. The van der Waals surface area contributed by atoms with Crippen molar-refractivity contribution in [2.24, 2.45) is 0 Å². The van der Waals surface area contributed by atoms with Gasteiger partial charge in [-0.1, -0.05) is 109 Å². The molecule has 0 heterocycles. The molecule has 4 aromatic carbocycles. The van der Waals surface area contributed by atoms with Crippen molar-refractivity contribution < 1.29 is 8.42 Å². The minimum absolute atomic E-state index is 0.241. The highest BCUT2D eigenvalue weighted by atomic mass is 32.2. The number of hydrogen-bond acceptors (Lipinski definition) is 3. The van der Waals surface area contributed by atoms with Crippen LogP contribution in [0.25, 0.3) is 0 Å². The molecule has 2 N–H and O–H groups in total. The number of hydrogen-bond donors (Lipinski definition) is 2. The van der Waals surface area contributed by atoms with Crippen LogP contribution in [-0.2, 0) is 16.4 Å². The zero-order valence-electron chi connectivity index (χ0n) is 20.0. The fraction of sp³-hybridized carbons (Fsp3) is 0.200. The average Bonchev–Trinajstić information content (AvgIpc) is 2.89. The van der Waals surface area contributed by atoms with Crippen molar-refractivity contribution in [2.75, 3.05) is 6.54 Å². The summed E-state index contributed by atoms with van der Waals surface area (Å²) in [4.78, 5) is 0.264. The molecule has 0 aliphatic carbocycles. The van der Waals surface area contributed by atoms with Crippen LogP contribution < -0.4 is 10.0 Å². The Bertz CT molecular complexity index is 1280. The maximum Gasteiger partial charge on any atom is 0.241 e. The van der Waals surface area contributed by atoms with Crippen molar-refractivity contribution in [1.82, 2.24) is 10.0 Å². The molecule has 0 bridgehead atoms. The summed E-state index contributed by atoms with van der Waals surface area (Å²) in [7, 11) is -3.74. The Labute approximate surface area is 209 Å². The summed E-state index contributed by atoms with van der Waals surface area (Å²) in [6.45, 7) is 2.70. The molecule has 0 aliphatic rings. The van der Waals surface area contributed by atoms with Crippen molar-refractivity contribution in [3.8, 4) is 0 Å². The lowest BCUT2D eigenvalue weighted by Gasteiger charge is -2.30. The van der Waals surface area contributed by atoms with E-state index < -0.39 is 16.1 Å². The van der Waals surface area contributed by atoms with Crippen molar-refractivity contribution in [3.05, 3.63) is 138 Å².